The highest BCUT2D eigenvalue weighted by Gasteiger charge is 1.90. The van der Waals surface area contributed by atoms with Gasteiger partial charge in [-0.2, -0.15) is 0 Å². The molecule has 0 N–H and O–H groups in total. The summed E-state index contributed by atoms with van der Waals surface area (Å²) in [4.78, 5) is 0. The molecule has 0 aromatic carbocycles. The van der Waals surface area contributed by atoms with Crippen molar-refractivity contribution in [1.82, 2.24) is 0 Å². The van der Waals surface area contributed by atoms with E-state index in [1.165, 1.54) is 44.9 Å². The van der Waals surface area contributed by atoms with Crippen molar-refractivity contribution < 1.29 is 4.74 Å². The van der Waals surface area contributed by atoms with Crippen LogP contribution < -0.4 is 0 Å². The zero-order chi connectivity index (χ0) is 9.78. The van der Waals surface area contributed by atoms with Crippen LogP contribution in [0.25, 0.3) is 0 Å². The molecule has 0 aromatic heterocycles. The van der Waals surface area contributed by atoms with E-state index in [4.69, 9.17) is 4.74 Å². The Hall–Kier alpha value is -0.0400. The van der Waals surface area contributed by atoms with Crippen molar-refractivity contribution in [1.29, 1.82) is 0 Å². The Morgan fingerprint density at radius 2 is 1.69 bits per heavy atom. The van der Waals surface area contributed by atoms with Gasteiger partial charge in [0.15, 0.2) is 0 Å². The quantitative estimate of drug-likeness (QED) is 0.468. The van der Waals surface area contributed by atoms with E-state index in [1.807, 2.05) is 0 Å². The summed E-state index contributed by atoms with van der Waals surface area (Å²) in [6.07, 6.45) is 11.2. The molecular weight excluding hydrogens is 160 g/mol. The van der Waals surface area contributed by atoms with Gasteiger partial charge in [-0.3, -0.25) is 0 Å². The van der Waals surface area contributed by atoms with Crippen LogP contribution in [0, 0.1) is 6.42 Å². The van der Waals surface area contributed by atoms with Crippen molar-refractivity contribution in [2.45, 2.75) is 58.8 Å². The van der Waals surface area contributed by atoms with E-state index in [9.17, 15) is 0 Å². The molecule has 0 aliphatic carbocycles. The van der Waals surface area contributed by atoms with Gasteiger partial charge in [-0.25, -0.2) is 0 Å². The van der Waals surface area contributed by atoms with Crippen LogP contribution in [-0.2, 0) is 4.74 Å². The molecule has 0 aromatic rings. The van der Waals surface area contributed by atoms with Gasteiger partial charge in [-0.05, 0) is 25.7 Å². The molecule has 1 radical (unpaired) electrons. The Morgan fingerprint density at radius 1 is 0.923 bits per heavy atom. The standard InChI is InChI=1S/C12H25O/c1-3-5-7-9-11-13-12-10-8-6-4-2/h5H,3-4,6-12H2,1-2H3. The number of ether oxygens (including phenoxy) is 1. The van der Waals surface area contributed by atoms with Crippen LogP contribution in [0.5, 0.6) is 0 Å². The average Bonchev–Trinajstić information content (AvgIpc) is 2.16. The van der Waals surface area contributed by atoms with E-state index < -0.39 is 0 Å². The molecule has 0 unspecified atom stereocenters. The zero-order valence-electron chi connectivity index (χ0n) is 9.35. The first kappa shape index (κ1) is 13.0. The van der Waals surface area contributed by atoms with E-state index in [2.05, 4.69) is 20.3 Å². The van der Waals surface area contributed by atoms with Gasteiger partial charge in [0.05, 0.1) is 0 Å². The second-order valence-corrected chi connectivity index (χ2v) is 3.51. The Balaban J connectivity index is 2.76. The smallest absolute Gasteiger partial charge is 0.0466 e. The molecule has 0 fully saturated rings. The molecule has 1 nitrogen and oxygen atoms in total. The molecule has 0 saturated carbocycles. The van der Waals surface area contributed by atoms with E-state index in [0.29, 0.717) is 0 Å². The van der Waals surface area contributed by atoms with E-state index in [0.717, 1.165) is 13.2 Å². The average molecular weight is 185 g/mol. The maximum absolute atomic E-state index is 5.51. The molecule has 0 spiro atoms. The van der Waals surface area contributed by atoms with Gasteiger partial charge in [0, 0.05) is 13.2 Å². The molecule has 0 aliphatic heterocycles. The van der Waals surface area contributed by atoms with Crippen LogP contribution in [0.1, 0.15) is 58.8 Å². The van der Waals surface area contributed by atoms with E-state index in [1.54, 1.807) is 0 Å². The number of hydrogen-bond acceptors (Lipinski definition) is 1. The third-order valence-electron chi connectivity index (χ3n) is 2.13. The molecule has 0 amide bonds. The Kier molecular flexibility index (Phi) is 11.9. The van der Waals surface area contributed by atoms with Gasteiger partial charge < -0.3 is 4.74 Å². The fourth-order valence-corrected chi connectivity index (χ4v) is 1.27. The summed E-state index contributed by atoms with van der Waals surface area (Å²) >= 11 is 0. The molecule has 0 atom stereocenters. The minimum absolute atomic E-state index is 0.947. The maximum atomic E-state index is 5.51. The second kappa shape index (κ2) is 12.0. The first-order valence-corrected chi connectivity index (χ1v) is 5.81. The normalized spacial score (nSPS) is 10.6. The fourth-order valence-electron chi connectivity index (χ4n) is 1.27. The Morgan fingerprint density at radius 3 is 2.38 bits per heavy atom. The van der Waals surface area contributed by atoms with Gasteiger partial charge in [-0.15, -0.1) is 0 Å². The van der Waals surface area contributed by atoms with Crippen molar-refractivity contribution >= 4 is 0 Å². The minimum Gasteiger partial charge on any atom is -0.381 e. The molecule has 0 rings (SSSR count). The molecule has 0 saturated heterocycles. The third-order valence-corrected chi connectivity index (χ3v) is 2.13. The van der Waals surface area contributed by atoms with Crippen molar-refractivity contribution in [3.8, 4) is 0 Å². The van der Waals surface area contributed by atoms with Crippen LogP contribution >= 0.6 is 0 Å². The number of hydrogen-bond donors (Lipinski definition) is 0. The predicted octanol–water partition coefficient (Wildman–Crippen LogP) is 3.98. The van der Waals surface area contributed by atoms with Gasteiger partial charge >= 0.3 is 0 Å². The molecule has 0 aliphatic rings. The lowest BCUT2D eigenvalue weighted by atomic mass is 10.2. The molecule has 0 heterocycles. The van der Waals surface area contributed by atoms with E-state index in [-0.39, 0.29) is 0 Å². The third kappa shape index (κ3) is 12.0. The zero-order valence-corrected chi connectivity index (χ0v) is 9.35. The first-order chi connectivity index (χ1) is 6.41. The lowest BCUT2D eigenvalue weighted by Gasteiger charge is -2.03. The van der Waals surface area contributed by atoms with E-state index >= 15 is 0 Å². The highest BCUT2D eigenvalue weighted by atomic mass is 16.5. The minimum atomic E-state index is 0.947. The molecule has 13 heavy (non-hydrogen) atoms. The highest BCUT2D eigenvalue weighted by Crippen LogP contribution is 2.01. The Labute approximate surface area is 83.9 Å². The summed E-state index contributed by atoms with van der Waals surface area (Å²) in [5.74, 6) is 0. The van der Waals surface area contributed by atoms with Crippen LogP contribution in [-0.4, -0.2) is 13.2 Å². The summed E-state index contributed by atoms with van der Waals surface area (Å²) in [6, 6.07) is 0. The Bertz CT molecular complexity index is 71.2. The molecule has 1 heteroatoms. The largest absolute Gasteiger partial charge is 0.381 e. The molecule has 79 valence electrons. The first-order valence-electron chi connectivity index (χ1n) is 5.81. The van der Waals surface area contributed by atoms with Crippen LogP contribution in [0.2, 0.25) is 0 Å². The number of rotatable bonds is 10. The maximum Gasteiger partial charge on any atom is 0.0466 e. The second-order valence-electron chi connectivity index (χ2n) is 3.51. The summed E-state index contributed by atoms with van der Waals surface area (Å²) in [7, 11) is 0. The van der Waals surface area contributed by atoms with Gasteiger partial charge in [0.25, 0.3) is 0 Å². The van der Waals surface area contributed by atoms with Crippen LogP contribution in [0.15, 0.2) is 0 Å². The van der Waals surface area contributed by atoms with Crippen molar-refractivity contribution in [2.24, 2.45) is 0 Å². The van der Waals surface area contributed by atoms with Gasteiger partial charge in [0.2, 0.25) is 0 Å². The predicted molar refractivity (Wildman–Crippen MR) is 58.8 cm³/mol. The van der Waals surface area contributed by atoms with Crippen molar-refractivity contribution in [3.63, 3.8) is 0 Å². The molecule has 0 bridgehead atoms. The molecular formula is C12H25O. The van der Waals surface area contributed by atoms with Crippen molar-refractivity contribution in [3.05, 3.63) is 6.42 Å². The van der Waals surface area contributed by atoms with Crippen molar-refractivity contribution in [2.75, 3.05) is 13.2 Å². The number of unbranched alkanes of at least 4 members (excludes halogenated alkanes) is 6. The van der Waals surface area contributed by atoms with Gasteiger partial charge in [0.1, 0.15) is 0 Å². The van der Waals surface area contributed by atoms with Crippen LogP contribution in [0.4, 0.5) is 0 Å². The topological polar surface area (TPSA) is 9.23 Å². The van der Waals surface area contributed by atoms with Gasteiger partial charge in [-0.1, -0.05) is 39.5 Å². The SMILES string of the molecule is CC[CH]CCCOCCCCCC. The van der Waals surface area contributed by atoms with Crippen LogP contribution in [0.3, 0.4) is 0 Å². The summed E-state index contributed by atoms with van der Waals surface area (Å²) in [5.41, 5.74) is 0. The summed E-state index contributed by atoms with van der Waals surface area (Å²) < 4.78 is 5.51. The summed E-state index contributed by atoms with van der Waals surface area (Å²) in [5, 5.41) is 0. The lowest BCUT2D eigenvalue weighted by molar-refractivity contribution is 0.127. The summed E-state index contributed by atoms with van der Waals surface area (Å²) in [6.45, 7) is 6.34. The fraction of sp³-hybridized carbons (Fsp3) is 0.917. The lowest BCUT2D eigenvalue weighted by Crippen LogP contribution is -1.97. The monoisotopic (exact) mass is 185 g/mol. The highest BCUT2D eigenvalue weighted by molar-refractivity contribution is 4.60.